The highest BCUT2D eigenvalue weighted by molar-refractivity contribution is 6.31. The van der Waals surface area contributed by atoms with Gasteiger partial charge in [-0.05, 0) is 37.9 Å². The summed E-state index contributed by atoms with van der Waals surface area (Å²) in [5, 5.41) is 11.4. The topological polar surface area (TPSA) is 46.4 Å². The maximum Gasteiger partial charge on any atom is 0.269 e. The van der Waals surface area contributed by atoms with E-state index in [1.165, 1.54) is 31.7 Å². The average Bonchev–Trinajstić information content (AvgIpc) is 2.57. The van der Waals surface area contributed by atoms with E-state index in [2.05, 4.69) is 11.8 Å². The highest BCUT2D eigenvalue weighted by atomic mass is 35.5. The van der Waals surface area contributed by atoms with Crippen molar-refractivity contribution >= 4 is 17.3 Å². The highest BCUT2D eigenvalue weighted by Crippen LogP contribution is 2.26. The standard InChI is InChI=1S/C14H19ClN2O2/c1-11-5-3-2-4-8-16(11)10-12-9-13(17(18)19)6-7-14(12)15/h6-7,9,11H,2-5,8,10H2,1H3. The van der Waals surface area contributed by atoms with Crippen molar-refractivity contribution in [2.75, 3.05) is 6.54 Å². The average molecular weight is 283 g/mol. The van der Waals surface area contributed by atoms with Gasteiger partial charge in [-0.2, -0.15) is 0 Å². The van der Waals surface area contributed by atoms with Gasteiger partial charge < -0.3 is 0 Å². The number of nitro groups is 1. The molecule has 0 aliphatic carbocycles. The van der Waals surface area contributed by atoms with Gasteiger partial charge in [0.2, 0.25) is 0 Å². The van der Waals surface area contributed by atoms with Gasteiger partial charge in [-0.3, -0.25) is 15.0 Å². The third-order valence-corrected chi connectivity index (χ3v) is 4.17. The summed E-state index contributed by atoms with van der Waals surface area (Å²) in [7, 11) is 0. The Hall–Kier alpha value is -1.13. The molecule has 0 N–H and O–H groups in total. The van der Waals surface area contributed by atoms with Crippen molar-refractivity contribution in [1.82, 2.24) is 4.90 Å². The monoisotopic (exact) mass is 282 g/mol. The second kappa shape index (κ2) is 6.35. The van der Waals surface area contributed by atoms with Crippen LogP contribution in [0.25, 0.3) is 0 Å². The molecule has 0 spiro atoms. The second-order valence-corrected chi connectivity index (χ2v) is 5.61. The minimum atomic E-state index is -0.369. The van der Waals surface area contributed by atoms with Crippen LogP contribution in [0.15, 0.2) is 18.2 Å². The largest absolute Gasteiger partial charge is 0.296 e. The van der Waals surface area contributed by atoms with E-state index < -0.39 is 0 Å². The Labute approximate surface area is 118 Å². The molecule has 4 nitrogen and oxygen atoms in total. The molecule has 19 heavy (non-hydrogen) atoms. The van der Waals surface area contributed by atoms with Crippen molar-refractivity contribution in [2.24, 2.45) is 0 Å². The molecule has 0 bridgehead atoms. The molecule has 2 rings (SSSR count). The smallest absolute Gasteiger partial charge is 0.269 e. The number of benzene rings is 1. The Morgan fingerprint density at radius 1 is 1.42 bits per heavy atom. The van der Waals surface area contributed by atoms with Crippen LogP contribution < -0.4 is 0 Å². The number of nitrogens with zero attached hydrogens (tertiary/aromatic N) is 2. The molecule has 1 aromatic rings. The maximum atomic E-state index is 10.8. The number of hydrogen-bond acceptors (Lipinski definition) is 3. The molecule has 1 saturated heterocycles. The normalized spacial score (nSPS) is 21.1. The predicted molar refractivity (Wildman–Crippen MR) is 76.4 cm³/mol. The fourth-order valence-corrected chi connectivity index (χ4v) is 2.76. The first-order valence-electron chi connectivity index (χ1n) is 6.75. The zero-order valence-corrected chi connectivity index (χ0v) is 11.9. The van der Waals surface area contributed by atoms with Crippen LogP contribution >= 0.6 is 11.6 Å². The molecule has 1 aliphatic rings. The van der Waals surface area contributed by atoms with Gasteiger partial charge in [-0.25, -0.2) is 0 Å². The molecule has 1 atom stereocenters. The predicted octanol–water partition coefficient (Wildman–Crippen LogP) is 4.01. The Kier molecular flexibility index (Phi) is 4.77. The summed E-state index contributed by atoms with van der Waals surface area (Å²) < 4.78 is 0. The Balaban J connectivity index is 2.16. The van der Waals surface area contributed by atoms with Gasteiger partial charge >= 0.3 is 0 Å². The lowest BCUT2D eigenvalue weighted by atomic mass is 10.1. The molecular weight excluding hydrogens is 264 g/mol. The van der Waals surface area contributed by atoms with Crippen LogP contribution in [0, 0.1) is 10.1 Å². The van der Waals surface area contributed by atoms with Crippen LogP contribution in [-0.4, -0.2) is 22.4 Å². The lowest BCUT2D eigenvalue weighted by Crippen LogP contribution is -2.32. The summed E-state index contributed by atoms with van der Waals surface area (Å²) in [6.45, 7) is 3.96. The highest BCUT2D eigenvalue weighted by Gasteiger charge is 2.19. The van der Waals surface area contributed by atoms with Gasteiger partial charge in [0.05, 0.1) is 4.92 Å². The molecule has 0 amide bonds. The van der Waals surface area contributed by atoms with Crippen molar-refractivity contribution in [3.05, 3.63) is 38.9 Å². The van der Waals surface area contributed by atoms with E-state index in [0.29, 0.717) is 17.6 Å². The number of likely N-dealkylation sites (tertiary alicyclic amines) is 1. The molecule has 1 aromatic carbocycles. The van der Waals surface area contributed by atoms with Crippen LogP contribution in [0.1, 0.15) is 38.2 Å². The zero-order chi connectivity index (χ0) is 13.8. The summed E-state index contributed by atoms with van der Waals surface area (Å²) in [5.74, 6) is 0. The van der Waals surface area contributed by atoms with E-state index in [0.717, 1.165) is 12.1 Å². The molecule has 1 heterocycles. The minimum Gasteiger partial charge on any atom is -0.296 e. The SMILES string of the molecule is CC1CCCCCN1Cc1cc([N+](=O)[O-])ccc1Cl. The molecule has 1 unspecified atom stereocenters. The van der Waals surface area contributed by atoms with E-state index >= 15 is 0 Å². The van der Waals surface area contributed by atoms with Crippen molar-refractivity contribution < 1.29 is 4.92 Å². The molecule has 0 saturated carbocycles. The third kappa shape index (κ3) is 3.67. The first-order valence-corrected chi connectivity index (χ1v) is 7.12. The number of non-ortho nitro benzene ring substituents is 1. The fraction of sp³-hybridized carbons (Fsp3) is 0.571. The Morgan fingerprint density at radius 2 is 2.21 bits per heavy atom. The van der Waals surface area contributed by atoms with E-state index in [4.69, 9.17) is 11.6 Å². The lowest BCUT2D eigenvalue weighted by Gasteiger charge is -2.27. The van der Waals surface area contributed by atoms with E-state index in [1.807, 2.05) is 0 Å². The Morgan fingerprint density at radius 3 is 2.95 bits per heavy atom. The van der Waals surface area contributed by atoms with E-state index in [-0.39, 0.29) is 10.6 Å². The minimum absolute atomic E-state index is 0.113. The van der Waals surface area contributed by atoms with E-state index in [1.54, 1.807) is 12.1 Å². The van der Waals surface area contributed by atoms with Crippen LogP contribution in [0.2, 0.25) is 5.02 Å². The lowest BCUT2D eigenvalue weighted by molar-refractivity contribution is -0.384. The van der Waals surface area contributed by atoms with Crippen molar-refractivity contribution in [3.8, 4) is 0 Å². The summed E-state index contributed by atoms with van der Waals surface area (Å²) >= 11 is 6.16. The van der Waals surface area contributed by atoms with Gasteiger partial charge in [-0.1, -0.05) is 24.4 Å². The first-order chi connectivity index (χ1) is 9.08. The summed E-state index contributed by atoms with van der Waals surface area (Å²) in [6, 6.07) is 5.19. The third-order valence-electron chi connectivity index (χ3n) is 3.80. The summed E-state index contributed by atoms with van der Waals surface area (Å²) in [4.78, 5) is 12.8. The van der Waals surface area contributed by atoms with Gasteiger partial charge in [-0.15, -0.1) is 0 Å². The van der Waals surface area contributed by atoms with Crippen LogP contribution in [0.5, 0.6) is 0 Å². The van der Waals surface area contributed by atoms with Crippen molar-refractivity contribution in [2.45, 2.75) is 45.2 Å². The second-order valence-electron chi connectivity index (χ2n) is 5.20. The number of nitro benzene ring substituents is 1. The molecule has 104 valence electrons. The van der Waals surface area contributed by atoms with Crippen molar-refractivity contribution in [1.29, 1.82) is 0 Å². The summed E-state index contributed by atoms with van der Waals surface area (Å²) in [6.07, 6.45) is 4.91. The van der Waals surface area contributed by atoms with Crippen LogP contribution in [-0.2, 0) is 6.54 Å². The number of rotatable bonds is 3. The molecule has 5 heteroatoms. The molecule has 0 radical (unpaired) electrons. The van der Waals surface area contributed by atoms with Crippen molar-refractivity contribution in [3.63, 3.8) is 0 Å². The Bertz CT molecular complexity index is 465. The molecule has 1 aliphatic heterocycles. The maximum absolute atomic E-state index is 10.8. The zero-order valence-electron chi connectivity index (χ0n) is 11.1. The van der Waals surface area contributed by atoms with Crippen LogP contribution in [0.3, 0.4) is 0 Å². The van der Waals surface area contributed by atoms with Crippen LogP contribution in [0.4, 0.5) is 5.69 Å². The number of halogens is 1. The van der Waals surface area contributed by atoms with Gasteiger partial charge in [0.15, 0.2) is 0 Å². The fourth-order valence-electron chi connectivity index (χ4n) is 2.58. The molecular formula is C14H19ClN2O2. The number of hydrogen-bond donors (Lipinski definition) is 0. The van der Waals surface area contributed by atoms with Gasteiger partial charge in [0, 0.05) is 29.7 Å². The summed E-state index contributed by atoms with van der Waals surface area (Å²) in [5.41, 5.74) is 0.964. The quantitative estimate of drug-likeness (QED) is 0.621. The van der Waals surface area contributed by atoms with Gasteiger partial charge in [0.25, 0.3) is 5.69 Å². The molecule has 0 aromatic heterocycles. The first kappa shape index (κ1) is 14.3. The molecule has 1 fully saturated rings. The van der Waals surface area contributed by atoms with E-state index in [9.17, 15) is 10.1 Å². The van der Waals surface area contributed by atoms with Gasteiger partial charge in [0.1, 0.15) is 0 Å².